The maximum atomic E-state index is 12.4. The van der Waals surface area contributed by atoms with Crippen LogP contribution in [-0.2, 0) is 9.59 Å². The minimum atomic E-state index is -0.737. The van der Waals surface area contributed by atoms with E-state index in [4.69, 9.17) is 5.11 Å². The monoisotopic (exact) mass is 282 g/mol. The van der Waals surface area contributed by atoms with Crippen molar-refractivity contribution >= 4 is 11.9 Å². The van der Waals surface area contributed by atoms with Crippen molar-refractivity contribution in [1.29, 1.82) is 0 Å². The second-order valence-electron chi connectivity index (χ2n) is 6.03. The molecule has 0 radical (unpaired) electrons. The predicted molar refractivity (Wildman–Crippen MR) is 76.4 cm³/mol. The summed E-state index contributed by atoms with van der Waals surface area (Å²) in [7, 11) is 0. The van der Waals surface area contributed by atoms with E-state index in [-0.39, 0.29) is 11.8 Å². The largest absolute Gasteiger partial charge is 0.481 e. The number of carboxylic acids is 1. The number of likely N-dealkylation sites (tertiary alicyclic amines) is 1. The Hall–Kier alpha value is -1.10. The molecule has 20 heavy (non-hydrogen) atoms. The number of amides is 1. The van der Waals surface area contributed by atoms with Gasteiger partial charge < -0.3 is 10.0 Å². The molecule has 1 saturated carbocycles. The summed E-state index contributed by atoms with van der Waals surface area (Å²) >= 11 is 0. The molecule has 0 aromatic rings. The van der Waals surface area contributed by atoms with Gasteiger partial charge in [-0.3, -0.25) is 14.5 Å². The van der Waals surface area contributed by atoms with Gasteiger partial charge in [-0.1, -0.05) is 19.3 Å². The maximum absolute atomic E-state index is 12.4. The minimum Gasteiger partial charge on any atom is -0.481 e. The van der Waals surface area contributed by atoms with Crippen LogP contribution in [0.2, 0.25) is 0 Å². The number of carboxylic acid groups (broad SMARTS) is 1. The van der Waals surface area contributed by atoms with Crippen LogP contribution in [0, 0.1) is 5.92 Å². The Labute approximate surface area is 120 Å². The molecule has 2 fully saturated rings. The number of carbonyl (C=O) groups excluding carboxylic acids is 1. The molecule has 1 atom stereocenters. The molecule has 0 unspecified atom stereocenters. The molecule has 0 aromatic heterocycles. The summed E-state index contributed by atoms with van der Waals surface area (Å²) in [5.41, 5.74) is 0. The molecule has 1 N–H and O–H groups in total. The van der Waals surface area contributed by atoms with Crippen LogP contribution < -0.4 is 0 Å². The summed E-state index contributed by atoms with van der Waals surface area (Å²) in [6, 6.07) is 0.402. The van der Waals surface area contributed by atoms with Gasteiger partial charge in [0, 0.05) is 19.1 Å². The fourth-order valence-electron chi connectivity index (χ4n) is 3.49. The van der Waals surface area contributed by atoms with Gasteiger partial charge >= 0.3 is 5.97 Å². The van der Waals surface area contributed by atoms with E-state index in [0.29, 0.717) is 25.6 Å². The highest BCUT2D eigenvalue weighted by Gasteiger charge is 2.31. The molecule has 1 heterocycles. The van der Waals surface area contributed by atoms with Gasteiger partial charge in [-0.15, -0.1) is 0 Å². The van der Waals surface area contributed by atoms with Gasteiger partial charge in [0.05, 0.1) is 12.5 Å². The number of rotatable bonds is 5. The zero-order valence-corrected chi connectivity index (χ0v) is 12.4. The van der Waals surface area contributed by atoms with Gasteiger partial charge in [0.25, 0.3) is 0 Å². The zero-order chi connectivity index (χ0) is 14.5. The zero-order valence-electron chi connectivity index (χ0n) is 12.4. The van der Waals surface area contributed by atoms with Crippen molar-refractivity contribution in [3.8, 4) is 0 Å². The van der Waals surface area contributed by atoms with Crippen LogP contribution >= 0.6 is 0 Å². The first-order chi connectivity index (χ1) is 9.61. The summed E-state index contributed by atoms with van der Waals surface area (Å²) in [6.07, 6.45) is 6.64. The van der Waals surface area contributed by atoms with Gasteiger partial charge in [0.1, 0.15) is 0 Å². The second kappa shape index (κ2) is 7.07. The lowest BCUT2D eigenvalue weighted by molar-refractivity contribution is -0.142. The Bertz CT molecular complexity index is 353. The number of carbonyl (C=O) groups is 2. The smallest absolute Gasteiger partial charge is 0.307 e. The van der Waals surface area contributed by atoms with Gasteiger partial charge in [0.2, 0.25) is 5.91 Å². The lowest BCUT2D eigenvalue weighted by atomic mass is 9.94. The van der Waals surface area contributed by atoms with E-state index in [9.17, 15) is 9.59 Å². The molecule has 1 amide bonds. The predicted octanol–water partition coefficient (Wildman–Crippen LogP) is 1.57. The molecule has 5 heteroatoms. The van der Waals surface area contributed by atoms with E-state index in [2.05, 4.69) is 0 Å². The summed E-state index contributed by atoms with van der Waals surface area (Å²) in [5, 5.41) is 9.00. The Morgan fingerprint density at radius 2 is 1.90 bits per heavy atom. The van der Waals surface area contributed by atoms with Crippen LogP contribution in [0.4, 0.5) is 0 Å². The van der Waals surface area contributed by atoms with Crippen LogP contribution in [0.5, 0.6) is 0 Å². The van der Waals surface area contributed by atoms with E-state index in [1.807, 2.05) is 16.7 Å². The third kappa shape index (κ3) is 3.72. The fraction of sp³-hybridized carbons (Fsp3) is 0.867. The molecule has 0 spiro atoms. The molecule has 1 saturated heterocycles. The lowest BCUT2D eigenvalue weighted by Crippen LogP contribution is -2.46. The lowest BCUT2D eigenvalue weighted by Gasteiger charge is -2.34. The highest BCUT2D eigenvalue weighted by molar-refractivity contribution is 5.79. The topological polar surface area (TPSA) is 60.9 Å². The van der Waals surface area contributed by atoms with Crippen LogP contribution in [0.15, 0.2) is 0 Å². The van der Waals surface area contributed by atoms with Crippen LogP contribution in [-0.4, -0.2) is 59.0 Å². The number of likely N-dealkylation sites (N-methyl/N-ethyl adjacent to an activating group) is 1. The normalized spacial score (nSPS) is 24.8. The van der Waals surface area contributed by atoms with Crippen molar-refractivity contribution in [2.75, 3.05) is 26.2 Å². The van der Waals surface area contributed by atoms with Crippen LogP contribution in [0.1, 0.15) is 45.4 Å². The molecule has 2 rings (SSSR count). The molecular weight excluding hydrogens is 256 g/mol. The first kappa shape index (κ1) is 15.3. The number of aliphatic carboxylic acids is 1. The van der Waals surface area contributed by atoms with E-state index in [0.717, 1.165) is 25.9 Å². The van der Waals surface area contributed by atoms with Crippen LogP contribution in [0.3, 0.4) is 0 Å². The Balaban J connectivity index is 1.85. The quantitative estimate of drug-likeness (QED) is 0.831. The van der Waals surface area contributed by atoms with Crippen molar-refractivity contribution in [3.05, 3.63) is 0 Å². The summed E-state index contributed by atoms with van der Waals surface area (Å²) < 4.78 is 0. The second-order valence-corrected chi connectivity index (χ2v) is 6.03. The number of hydrogen-bond donors (Lipinski definition) is 1. The highest BCUT2D eigenvalue weighted by Crippen LogP contribution is 2.23. The molecule has 0 aromatic carbocycles. The van der Waals surface area contributed by atoms with E-state index >= 15 is 0 Å². The van der Waals surface area contributed by atoms with Gasteiger partial charge in [-0.05, 0) is 32.7 Å². The number of nitrogens with zero attached hydrogens (tertiary/aromatic N) is 2. The first-order valence-corrected chi connectivity index (χ1v) is 7.86. The molecule has 2 aliphatic rings. The molecule has 0 bridgehead atoms. The highest BCUT2D eigenvalue weighted by atomic mass is 16.4. The van der Waals surface area contributed by atoms with Gasteiger partial charge in [-0.2, -0.15) is 0 Å². The number of hydrogen-bond acceptors (Lipinski definition) is 3. The van der Waals surface area contributed by atoms with Crippen molar-refractivity contribution in [2.45, 2.75) is 51.5 Å². The maximum Gasteiger partial charge on any atom is 0.307 e. The fourth-order valence-corrected chi connectivity index (χ4v) is 3.49. The van der Waals surface area contributed by atoms with Crippen LogP contribution in [0.25, 0.3) is 0 Å². The average molecular weight is 282 g/mol. The molecule has 1 aliphatic heterocycles. The van der Waals surface area contributed by atoms with Crippen molar-refractivity contribution in [1.82, 2.24) is 9.80 Å². The van der Waals surface area contributed by atoms with Crippen molar-refractivity contribution in [3.63, 3.8) is 0 Å². The van der Waals surface area contributed by atoms with Crippen molar-refractivity contribution < 1.29 is 14.7 Å². The van der Waals surface area contributed by atoms with E-state index in [1.165, 1.54) is 19.3 Å². The van der Waals surface area contributed by atoms with Gasteiger partial charge in [-0.25, -0.2) is 0 Å². The molecule has 114 valence electrons. The third-order valence-electron chi connectivity index (χ3n) is 4.66. The Morgan fingerprint density at radius 1 is 1.20 bits per heavy atom. The summed E-state index contributed by atoms with van der Waals surface area (Å²) in [5.74, 6) is -0.863. The molecule has 1 aliphatic carbocycles. The van der Waals surface area contributed by atoms with Crippen molar-refractivity contribution in [2.24, 2.45) is 5.92 Å². The summed E-state index contributed by atoms with van der Waals surface area (Å²) in [4.78, 5) is 27.4. The minimum absolute atomic E-state index is 0.172. The van der Waals surface area contributed by atoms with Gasteiger partial charge in [0.15, 0.2) is 0 Å². The van der Waals surface area contributed by atoms with E-state index in [1.54, 1.807) is 0 Å². The Kier molecular flexibility index (Phi) is 5.40. The van der Waals surface area contributed by atoms with E-state index < -0.39 is 5.97 Å². The molecule has 5 nitrogen and oxygen atoms in total. The summed E-state index contributed by atoms with van der Waals surface area (Å²) in [6.45, 7) is 4.43. The standard InChI is InChI=1S/C15H26N2O3/c1-2-17(13-6-4-3-5-7-13)14(18)11-16-9-8-12(10-16)15(19)20/h12-13H,2-11H2,1H3,(H,19,20)/t12-/m0/s1. The first-order valence-electron chi connectivity index (χ1n) is 7.86. The average Bonchev–Trinajstić information content (AvgIpc) is 2.89. The third-order valence-corrected chi connectivity index (χ3v) is 4.66. The SMILES string of the molecule is CCN(C(=O)CN1CC[C@H](C(=O)O)C1)C1CCCCC1. The molecular formula is C15H26N2O3. The Morgan fingerprint density at radius 3 is 2.45 bits per heavy atom.